The molecule has 0 saturated heterocycles. The van der Waals surface area contributed by atoms with Crippen molar-refractivity contribution in [1.82, 2.24) is 5.32 Å². The van der Waals surface area contributed by atoms with Crippen LogP contribution in [-0.2, 0) is 0 Å². The second-order valence-corrected chi connectivity index (χ2v) is 5.90. The van der Waals surface area contributed by atoms with Crippen molar-refractivity contribution in [2.24, 2.45) is 0 Å². The number of ether oxygens (including phenoxy) is 1. The number of hydrogen-bond donors (Lipinski definition) is 3. The Morgan fingerprint density at radius 3 is 2.42 bits per heavy atom. The number of nitrogens with one attached hydrogen (secondary N) is 1. The Morgan fingerprint density at radius 1 is 1.12 bits per heavy atom. The van der Waals surface area contributed by atoms with Crippen LogP contribution in [0.1, 0.15) is 24.2 Å². The third kappa shape index (κ3) is 5.08. The summed E-state index contributed by atoms with van der Waals surface area (Å²) < 4.78 is 5.56. The minimum Gasteiger partial charge on any atom is -0.491 e. The minimum atomic E-state index is -0.952. The van der Waals surface area contributed by atoms with Crippen LogP contribution in [0, 0.1) is 0 Å². The first-order valence-corrected chi connectivity index (χ1v) is 7.94. The molecule has 0 radical (unpaired) electrons. The van der Waals surface area contributed by atoms with Gasteiger partial charge < -0.3 is 20.3 Å². The summed E-state index contributed by atoms with van der Waals surface area (Å²) in [5.74, 6) is -0.318. The Labute approximate surface area is 141 Å². The smallest absolute Gasteiger partial charge is 0.336 e. The Hall–Kier alpha value is -2.37. The zero-order chi connectivity index (χ0) is 17.5. The van der Waals surface area contributed by atoms with Crippen LogP contribution in [-0.4, -0.2) is 41.5 Å². The van der Waals surface area contributed by atoms with Gasteiger partial charge in [-0.1, -0.05) is 44.2 Å². The molecule has 1 unspecified atom stereocenters. The number of benzene rings is 2. The molecule has 24 heavy (non-hydrogen) atoms. The molecule has 2 aromatic rings. The van der Waals surface area contributed by atoms with Gasteiger partial charge in [0, 0.05) is 12.6 Å². The molecule has 2 aromatic carbocycles. The predicted molar refractivity (Wildman–Crippen MR) is 93.5 cm³/mol. The zero-order valence-corrected chi connectivity index (χ0v) is 13.9. The second-order valence-electron chi connectivity index (χ2n) is 5.90. The summed E-state index contributed by atoms with van der Waals surface area (Å²) in [7, 11) is 0. The highest BCUT2D eigenvalue weighted by molar-refractivity contribution is 5.96. The van der Waals surface area contributed by atoms with E-state index >= 15 is 0 Å². The van der Waals surface area contributed by atoms with Gasteiger partial charge in [0.05, 0.1) is 5.56 Å². The lowest BCUT2D eigenvalue weighted by Crippen LogP contribution is -2.35. The number of aliphatic hydroxyl groups is 1. The van der Waals surface area contributed by atoms with E-state index in [1.165, 1.54) is 0 Å². The quantitative estimate of drug-likeness (QED) is 0.694. The van der Waals surface area contributed by atoms with Crippen molar-refractivity contribution in [2.45, 2.75) is 26.0 Å². The van der Waals surface area contributed by atoms with Gasteiger partial charge >= 0.3 is 5.97 Å². The van der Waals surface area contributed by atoms with E-state index in [4.69, 9.17) is 4.74 Å². The lowest BCUT2D eigenvalue weighted by Gasteiger charge is -2.15. The van der Waals surface area contributed by atoms with Crippen LogP contribution >= 0.6 is 0 Å². The predicted octanol–water partition coefficient (Wildman–Crippen LogP) is 2.79. The molecular weight excluding hydrogens is 306 g/mol. The van der Waals surface area contributed by atoms with Gasteiger partial charge in [0.1, 0.15) is 18.5 Å². The van der Waals surface area contributed by atoms with E-state index in [-0.39, 0.29) is 12.2 Å². The molecule has 0 fully saturated rings. The van der Waals surface area contributed by atoms with Crippen molar-refractivity contribution in [1.29, 1.82) is 0 Å². The van der Waals surface area contributed by atoms with Crippen LogP contribution in [0.15, 0.2) is 48.5 Å². The molecule has 2 rings (SSSR count). The van der Waals surface area contributed by atoms with Crippen molar-refractivity contribution < 1.29 is 19.7 Å². The van der Waals surface area contributed by atoms with Crippen LogP contribution in [0.4, 0.5) is 0 Å². The number of carboxylic acids is 1. The van der Waals surface area contributed by atoms with Crippen molar-refractivity contribution >= 4 is 5.97 Å². The molecule has 0 aliphatic heterocycles. The molecule has 3 N–H and O–H groups in total. The fourth-order valence-corrected chi connectivity index (χ4v) is 2.28. The van der Waals surface area contributed by atoms with Gasteiger partial charge in [-0.05, 0) is 29.3 Å². The Morgan fingerprint density at radius 2 is 1.79 bits per heavy atom. The van der Waals surface area contributed by atoms with Crippen molar-refractivity contribution in [2.75, 3.05) is 13.2 Å². The SMILES string of the molecule is CC(C)NCC(O)COc1ccc(-c2ccccc2C(=O)O)cc1. The first-order chi connectivity index (χ1) is 11.5. The summed E-state index contributed by atoms with van der Waals surface area (Å²) in [5.41, 5.74) is 1.74. The third-order valence-corrected chi connectivity index (χ3v) is 3.53. The third-order valence-electron chi connectivity index (χ3n) is 3.53. The van der Waals surface area contributed by atoms with Gasteiger partial charge in [-0.3, -0.25) is 0 Å². The number of rotatable bonds is 8. The van der Waals surface area contributed by atoms with E-state index in [1.54, 1.807) is 30.3 Å². The summed E-state index contributed by atoms with van der Waals surface area (Å²) in [5, 5.41) is 22.2. The van der Waals surface area contributed by atoms with Crippen LogP contribution in [0.2, 0.25) is 0 Å². The van der Waals surface area contributed by atoms with Gasteiger partial charge in [-0.25, -0.2) is 4.79 Å². The number of hydrogen-bond acceptors (Lipinski definition) is 4. The van der Waals surface area contributed by atoms with Crippen LogP contribution in [0.3, 0.4) is 0 Å². The molecule has 0 aliphatic carbocycles. The molecule has 0 aromatic heterocycles. The van der Waals surface area contributed by atoms with Crippen LogP contribution in [0.5, 0.6) is 5.75 Å². The maximum Gasteiger partial charge on any atom is 0.336 e. The molecule has 128 valence electrons. The van der Waals surface area contributed by atoms with Gasteiger partial charge in [0.2, 0.25) is 0 Å². The summed E-state index contributed by atoms with van der Waals surface area (Å²) in [6, 6.07) is 14.4. The summed E-state index contributed by atoms with van der Waals surface area (Å²) in [6.45, 7) is 4.70. The highest BCUT2D eigenvalue weighted by Gasteiger charge is 2.11. The first kappa shape index (κ1) is 18.0. The zero-order valence-electron chi connectivity index (χ0n) is 13.9. The molecule has 0 spiro atoms. The summed E-state index contributed by atoms with van der Waals surface area (Å²) in [4.78, 5) is 11.3. The lowest BCUT2D eigenvalue weighted by atomic mass is 10.00. The van der Waals surface area contributed by atoms with Crippen LogP contribution in [0.25, 0.3) is 11.1 Å². The average molecular weight is 329 g/mol. The molecule has 0 aliphatic rings. The largest absolute Gasteiger partial charge is 0.491 e. The maximum absolute atomic E-state index is 11.3. The topological polar surface area (TPSA) is 78.8 Å². The van der Waals surface area contributed by atoms with E-state index in [0.29, 0.717) is 23.9 Å². The standard InChI is InChI=1S/C19H23NO4/c1-13(2)20-11-15(21)12-24-16-9-7-14(8-10-16)17-5-3-4-6-18(17)19(22)23/h3-10,13,15,20-21H,11-12H2,1-2H3,(H,22,23). The van der Waals surface area contributed by atoms with Gasteiger partial charge in [0.15, 0.2) is 0 Å². The number of aromatic carboxylic acids is 1. The average Bonchev–Trinajstić information content (AvgIpc) is 2.58. The molecule has 0 bridgehead atoms. The van der Waals surface area contributed by atoms with Gasteiger partial charge in [-0.15, -0.1) is 0 Å². The number of aliphatic hydroxyl groups excluding tert-OH is 1. The molecule has 0 heterocycles. The highest BCUT2D eigenvalue weighted by atomic mass is 16.5. The molecule has 5 heteroatoms. The van der Waals surface area contributed by atoms with E-state index in [2.05, 4.69) is 5.32 Å². The fourth-order valence-electron chi connectivity index (χ4n) is 2.28. The van der Waals surface area contributed by atoms with Gasteiger partial charge in [0.25, 0.3) is 0 Å². The van der Waals surface area contributed by atoms with E-state index in [0.717, 1.165) is 5.56 Å². The summed E-state index contributed by atoms with van der Waals surface area (Å²) >= 11 is 0. The van der Waals surface area contributed by atoms with Crippen LogP contribution < -0.4 is 10.1 Å². The van der Waals surface area contributed by atoms with E-state index in [1.807, 2.05) is 32.0 Å². The molecule has 0 amide bonds. The number of carboxylic acid groups (broad SMARTS) is 1. The highest BCUT2D eigenvalue weighted by Crippen LogP contribution is 2.25. The normalized spacial score (nSPS) is 12.2. The van der Waals surface area contributed by atoms with E-state index < -0.39 is 12.1 Å². The molecular formula is C19H23NO4. The second kappa shape index (κ2) is 8.47. The monoisotopic (exact) mass is 329 g/mol. The lowest BCUT2D eigenvalue weighted by molar-refractivity contribution is 0.0697. The Bertz CT molecular complexity index is 667. The summed E-state index contributed by atoms with van der Waals surface area (Å²) in [6.07, 6.45) is -0.584. The van der Waals surface area contributed by atoms with Crippen molar-refractivity contribution in [3.8, 4) is 16.9 Å². The fraction of sp³-hybridized carbons (Fsp3) is 0.316. The van der Waals surface area contributed by atoms with Crippen molar-refractivity contribution in [3.63, 3.8) is 0 Å². The van der Waals surface area contributed by atoms with E-state index in [9.17, 15) is 15.0 Å². The van der Waals surface area contributed by atoms with Crippen molar-refractivity contribution in [3.05, 3.63) is 54.1 Å². The first-order valence-electron chi connectivity index (χ1n) is 7.94. The minimum absolute atomic E-state index is 0.199. The Kier molecular flexibility index (Phi) is 6.35. The molecule has 5 nitrogen and oxygen atoms in total. The van der Waals surface area contributed by atoms with Gasteiger partial charge in [-0.2, -0.15) is 0 Å². The Balaban J connectivity index is 2.00. The molecule has 0 saturated carbocycles. The maximum atomic E-state index is 11.3. The molecule has 1 atom stereocenters. The number of carbonyl (C=O) groups is 1.